The third-order valence-corrected chi connectivity index (χ3v) is 7.26. The maximum Gasteiger partial charge on any atom is 0.264 e. The molecule has 0 N–H and O–H groups in total. The van der Waals surface area contributed by atoms with Gasteiger partial charge in [-0.3, -0.25) is 9.10 Å². The second-order valence-electron chi connectivity index (χ2n) is 7.09. The molecule has 0 aliphatic carbocycles. The van der Waals surface area contributed by atoms with E-state index in [0.29, 0.717) is 17.8 Å². The van der Waals surface area contributed by atoms with Crippen molar-refractivity contribution in [3.63, 3.8) is 0 Å². The largest absolute Gasteiger partial charge is 0.336 e. The Morgan fingerprint density at radius 2 is 1.82 bits per heavy atom. The lowest BCUT2D eigenvalue weighted by Gasteiger charge is -2.35. The molecule has 0 aromatic heterocycles. The van der Waals surface area contributed by atoms with Crippen molar-refractivity contribution in [2.75, 3.05) is 17.4 Å². The number of nitrogens with zero attached hydrogens (tertiary/aromatic N) is 2. The van der Waals surface area contributed by atoms with Crippen LogP contribution in [0, 0.1) is 0 Å². The number of hydrogen-bond donors (Lipinski definition) is 0. The summed E-state index contributed by atoms with van der Waals surface area (Å²) in [6, 6.07) is 15.7. The van der Waals surface area contributed by atoms with Crippen molar-refractivity contribution in [3.8, 4) is 0 Å². The van der Waals surface area contributed by atoms with E-state index in [-0.39, 0.29) is 16.8 Å². The smallest absolute Gasteiger partial charge is 0.264 e. The van der Waals surface area contributed by atoms with Gasteiger partial charge in [-0.1, -0.05) is 31.2 Å². The van der Waals surface area contributed by atoms with E-state index in [4.69, 9.17) is 0 Å². The number of hydrogen-bond acceptors (Lipinski definition) is 3. The second-order valence-corrected chi connectivity index (χ2v) is 8.95. The summed E-state index contributed by atoms with van der Waals surface area (Å²) >= 11 is 0. The molecule has 1 aliphatic heterocycles. The Kier molecular flexibility index (Phi) is 6.39. The van der Waals surface area contributed by atoms with Gasteiger partial charge in [0.05, 0.1) is 10.6 Å². The molecule has 2 aromatic carbocycles. The molecule has 5 nitrogen and oxygen atoms in total. The molecule has 0 bridgehead atoms. The van der Waals surface area contributed by atoms with Crippen LogP contribution in [0.1, 0.15) is 49.9 Å². The molecule has 6 heteroatoms. The summed E-state index contributed by atoms with van der Waals surface area (Å²) in [5, 5.41) is 0. The van der Waals surface area contributed by atoms with Gasteiger partial charge in [0.25, 0.3) is 15.9 Å². The van der Waals surface area contributed by atoms with Crippen molar-refractivity contribution >= 4 is 21.6 Å². The molecule has 1 amide bonds. The number of para-hydroxylation sites is 1. The molecule has 28 heavy (non-hydrogen) atoms. The molecule has 0 spiro atoms. The number of anilines is 1. The summed E-state index contributed by atoms with van der Waals surface area (Å²) in [6.45, 7) is 4.95. The molecule has 2 aromatic rings. The first kappa shape index (κ1) is 20.4. The topological polar surface area (TPSA) is 57.7 Å². The zero-order valence-corrected chi connectivity index (χ0v) is 17.4. The van der Waals surface area contributed by atoms with E-state index in [2.05, 4.69) is 6.92 Å². The highest BCUT2D eigenvalue weighted by Gasteiger charge is 2.28. The molecular formula is C22H28N2O3S. The van der Waals surface area contributed by atoms with Gasteiger partial charge in [0.2, 0.25) is 0 Å². The lowest BCUT2D eigenvalue weighted by Crippen LogP contribution is -2.43. The zero-order chi connectivity index (χ0) is 20.1. The fourth-order valence-electron chi connectivity index (χ4n) is 3.86. The minimum absolute atomic E-state index is 0.0774. The lowest BCUT2D eigenvalue weighted by atomic mass is 9.99. The highest BCUT2D eigenvalue weighted by molar-refractivity contribution is 7.92. The van der Waals surface area contributed by atoms with Crippen LogP contribution in [0.3, 0.4) is 0 Å². The van der Waals surface area contributed by atoms with Crippen molar-refractivity contribution in [1.29, 1.82) is 0 Å². The van der Waals surface area contributed by atoms with Crippen LogP contribution in [0.5, 0.6) is 0 Å². The van der Waals surface area contributed by atoms with Crippen LogP contribution in [0.2, 0.25) is 0 Å². The predicted molar refractivity (Wildman–Crippen MR) is 112 cm³/mol. The number of rotatable bonds is 6. The number of piperidine rings is 1. The third kappa shape index (κ3) is 4.07. The maximum absolute atomic E-state index is 13.2. The summed E-state index contributed by atoms with van der Waals surface area (Å²) in [4.78, 5) is 15.1. The molecule has 150 valence electrons. The number of carbonyl (C=O) groups is 1. The quantitative estimate of drug-likeness (QED) is 0.726. The molecule has 1 fully saturated rings. The van der Waals surface area contributed by atoms with Gasteiger partial charge >= 0.3 is 0 Å². The number of sulfonamides is 1. The van der Waals surface area contributed by atoms with Gasteiger partial charge in [0, 0.05) is 24.7 Å². The van der Waals surface area contributed by atoms with E-state index >= 15 is 0 Å². The number of likely N-dealkylation sites (tertiary alicyclic amines) is 1. The summed E-state index contributed by atoms with van der Waals surface area (Å²) < 4.78 is 27.8. The summed E-state index contributed by atoms with van der Waals surface area (Å²) in [5.41, 5.74) is 1.05. The fraction of sp³-hybridized carbons (Fsp3) is 0.409. The van der Waals surface area contributed by atoms with Crippen molar-refractivity contribution in [1.82, 2.24) is 4.90 Å². The lowest BCUT2D eigenvalue weighted by molar-refractivity contribution is 0.0608. The fourth-order valence-corrected chi connectivity index (χ4v) is 5.38. The van der Waals surface area contributed by atoms with E-state index in [1.54, 1.807) is 37.3 Å². The van der Waals surface area contributed by atoms with Crippen LogP contribution in [0.15, 0.2) is 59.5 Å². The molecule has 3 rings (SSSR count). The van der Waals surface area contributed by atoms with Crippen LogP contribution in [0.4, 0.5) is 5.69 Å². The molecule has 1 aliphatic rings. The Morgan fingerprint density at radius 1 is 1.07 bits per heavy atom. The van der Waals surface area contributed by atoms with Crippen LogP contribution >= 0.6 is 0 Å². The Balaban J connectivity index is 1.92. The van der Waals surface area contributed by atoms with Crippen molar-refractivity contribution in [3.05, 3.63) is 60.2 Å². The predicted octanol–water partition coefficient (Wildman–Crippen LogP) is 4.31. The third-order valence-electron chi connectivity index (χ3n) is 5.36. The Labute approximate surface area is 168 Å². The number of benzene rings is 2. The average Bonchev–Trinajstić information content (AvgIpc) is 2.74. The Bertz CT molecular complexity index is 912. The minimum atomic E-state index is -3.75. The van der Waals surface area contributed by atoms with Crippen molar-refractivity contribution < 1.29 is 13.2 Å². The van der Waals surface area contributed by atoms with Gasteiger partial charge < -0.3 is 4.90 Å². The first-order valence-corrected chi connectivity index (χ1v) is 11.4. The van der Waals surface area contributed by atoms with E-state index in [9.17, 15) is 13.2 Å². The van der Waals surface area contributed by atoms with Crippen molar-refractivity contribution in [2.45, 2.75) is 50.5 Å². The summed E-state index contributed by atoms with van der Waals surface area (Å²) in [5.74, 6) is -0.0774. The monoisotopic (exact) mass is 400 g/mol. The molecule has 1 atom stereocenters. The summed E-state index contributed by atoms with van der Waals surface area (Å²) in [6.07, 6.45) is 4.07. The first-order chi connectivity index (χ1) is 13.5. The molecule has 1 heterocycles. The molecule has 0 radical (unpaired) electrons. The highest BCUT2D eigenvalue weighted by atomic mass is 32.2. The van der Waals surface area contributed by atoms with Crippen LogP contribution < -0.4 is 4.31 Å². The minimum Gasteiger partial charge on any atom is -0.336 e. The maximum atomic E-state index is 13.2. The van der Waals surface area contributed by atoms with Crippen LogP contribution in [-0.2, 0) is 10.0 Å². The van der Waals surface area contributed by atoms with Gasteiger partial charge in [-0.15, -0.1) is 0 Å². The first-order valence-electron chi connectivity index (χ1n) is 9.97. The Morgan fingerprint density at radius 3 is 2.50 bits per heavy atom. The zero-order valence-electron chi connectivity index (χ0n) is 16.5. The normalized spacial score (nSPS) is 17.4. The highest BCUT2D eigenvalue weighted by Crippen LogP contribution is 2.26. The van der Waals surface area contributed by atoms with E-state index < -0.39 is 10.0 Å². The van der Waals surface area contributed by atoms with Gasteiger partial charge in [-0.25, -0.2) is 8.42 Å². The summed E-state index contributed by atoms with van der Waals surface area (Å²) in [7, 11) is -3.75. The van der Waals surface area contributed by atoms with E-state index in [1.807, 2.05) is 23.1 Å². The van der Waals surface area contributed by atoms with Gasteiger partial charge in [0.1, 0.15) is 0 Å². The van der Waals surface area contributed by atoms with Crippen LogP contribution in [0.25, 0.3) is 0 Å². The molecule has 0 saturated carbocycles. The van der Waals surface area contributed by atoms with Crippen LogP contribution in [-0.4, -0.2) is 38.4 Å². The second kappa shape index (κ2) is 8.78. The molecular weight excluding hydrogens is 372 g/mol. The number of amides is 1. The molecule has 1 saturated heterocycles. The average molecular weight is 401 g/mol. The standard InChI is InChI=1S/C22H28N2O3S/c1-3-19-12-8-9-16-23(19)22(25)18-11-10-15-21(17-18)28(26,27)24(4-2)20-13-6-5-7-14-20/h5-7,10-11,13-15,17,19H,3-4,8-9,12,16H2,1-2H3. The van der Waals surface area contributed by atoms with Gasteiger partial charge in [-0.2, -0.15) is 0 Å². The van der Waals surface area contributed by atoms with E-state index in [1.165, 1.54) is 10.4 Å². The SMILES string of the molecule is CCC1CCCCN1C(=O)c1cccc(S(=O)(=O)N(CC)c2ccccc2)c1. The van der Waals surface area contributed by atoms with E-state index in [0.717, 1.165) is 32.2 Å². The Hall–Kier alpha value is -2.34. The van der Waals surface area contributed by atoms with Crippen molar-refractivity contribution in [2.24, 2.45) is 0 Å². The molecule has 1 unspecified atom stereocenters. The number of carbonyl (C=O) groups excluding carboxylic acids is 1. The van der Waals surface area contributed by atoms with Gasteiger partial charge in [-0.05, 0) is 62.9 Å². The van der Waals surface area contributed by atoms with Gasteiger partial charge in [0.15, 0.2) is 0 Å².